The number of hydrogen-bond donors (Lipinski definition) is 2. The number of para-hydroxylation sites is 2. The Balaban J connectivity index is 2.09. The summed E-state index contributed by atoms with van der Waals surface area (Å²) < 4.78 is 0. The number of nitrogens with zero attached hydrogens (tertiary/aromatic N) is 2. The topological polar surface area (TPSA) is 65.8 Å². The van der Waals surface area contributed by atoms with E-state index in [0.717, 1.165) is 22.6 Å². The van der Waals surface area contributed by atoms with Crippen LogP contribution in [0.3, 0.4) is 0 Å². The molecular weight excluding hydrogens is 300 g/mol. The van der Waals surface area contributed by atoms with Gasteiger partial charge in [-0.05, 0) is 31.5 Å². The molecule has 0 radical (unpaired) electrons. The molecule has 5 nitrogen and oxygen atoms in total. The highest BCUT2D eigenvalue weighted by Gasteiger charge is 2.26. The van der Waals surface area contributed by atoms with Crippen LogP contribution >= 0.6 is 0 Å². The molecule has 0 aliphatic carbocycles. The molecule has 2 N–H and O–H groups in total. The Morgan fingerprint density at radius 3 is 2.29 bits per heavy atom. The normalized spacial score (nSPS) is 16.3. The van der Waals surface area contributed by atoms with Crippen molar-refractivity contribution in [1.29, 1.82) is 0 Å². The van der Waals surface area contributed by atoms with Crippen LogP contribution in [-0.2, 0) is 0 Å². The van der Waals surface area contributed by atoms with E-state index in [9.17, 15) is 4.79 Å². The van der Waals surface area contributed by atoms with Crippen LogP contribution in [0.4, 0.5) is 16.2 Å². The van der Waals surface area contributed by atoms with Crippen molar-refractivity contribution in [3.05, 3.63) is 60.2 Å². The van der Waals surface area contributed by atoms with E-state index in [4.69, 9.17) is 9.98 Å². The number of carbonyl (C=O) groups excluding carboxylic acids is 1. The third-order valence-electron chi connectivity index (χ3n) is 3.82. The number of rotatable bonds is 2. The van der Waals surface area contributed by atoms with Gasteiger partial charge in [-0.15, -0.1) is 0 Å². The molecule has 2 amide bonds. The van der Waals surface area contributed by atoms with Crippen molar-refractivity contribution in [2.75, 3.05) is 6.54 Å². The SMILES string of the molecule is CCNC(=O)NC1=Nc2ccccc2N=C(C)[C@@H]1c1ccccc1. The Kier molecular flexibility index (Phi) is 4.70. The van der Waals surface area contributed by atoms with E-state index in [0.29, 0.717) is 12.4 Å². The highest BCUT2D eigenvalue weighted by molar-refractivity contribution is 6.17. The Hall–Kier alpha value is -2.95. The number of nitrogens with one attached hydrogen (secondary N) is 2. The number of urea groups is 1. The van der Waals surface area contributed by atoms with E-state index in [-0.39, 0.29) is 11.9 Å². The Labute approximate surface area is 141 Å². The van der Waals surface area contributed by atoms with E-state index in [1.807, 2.05) is 68.4 Å². The zero-order valence-electron chi connectivity index (χ0n) is 13.8. The fourth-order valence-corrected chi connectivity index (χ4v) is 2.77. The van der Waals surface area contributed by atoms with Crippen molar-refractivity contribution in [3.63, 3.8) is 0 Å². The van der Waals surface area contributed by atoms with Crippen LogP contribution in [0.1, 0.15) is 25.3 Å². The molecule has 0 saturated heterocycles. The van der Waals surface area contributed by atoms with E-state index in [1.165, 1.54) is 0 Å². The molecule has 0 fully saturated rings. The first-order chi connectivity index (χ1) is 11.7. The van der Waals surface area contributed by atoms with Crippen LogP contribution in [0.15, 0.2) is 64.6 Å². The van der Waals surface area contributed by atoms with Crippen molar-refractivity contribution >= 4 is 29.0 Å². The smallest absolute Gasteiger partial charge is 0.320 e. The second kappa shape index (κ2) is 7.08. The van der Waals surface area contributed by atoms with E-state index < -0.39 is 0 Å². The van der Waals surface area contributed by atoms with E-state index >= 15 is 0 Å². The minimum Gasteiger partial charge on any atom is -0.338 e. The van der Waals surface area contributed by atoms with Gasteiger partial charge in [-0.1, -0.05) is 42.5 Å². The maximum atomic E-state index is 12.1. The molecule has 2 aromatic rings. The number of amides is 2. The molecule has 1 heterocycles. The van der Waals surface area contributed by atoms with E-state index in [2.05, 4.69) is 10.6 Å². The number of benzene rings is 2. The van der Waals surface area contributed by atoms with Crippen LogP contribution in [0.2, 0.25) is 0 Å². The predicted octanol–water partition coefficient (Wildman–Crippen LogP) is 3.93. The fourth-order valence-electron chi connectivity index (χ4n) is 2.77. The van der Waals surface area contributed by atoms with Gasteiger partial charge in [0.2, 0.25) is 0 Å². The number of hydrogen-bond acceptors (Lipinski definition) is 3. The van der Waals surface area contributed by atoms with Gasteiger partial charge in [0, 0.05) is 12.3 Å². The predicted molar refractivity (Wildman–Crippen MR) is 97.7 cm³/mol. The van der Waals surface area contributed by atoms with Crippen LogP contribution in [0, 0.1) is 0 Å². The lowest BCUT2D eigenvalue weighted by atomic mass is 9.93. The van der Waals surface area contributed by atoms with Gasteiger partial charge in [0.25, 0.3) is 0 Å². The average molecular weight is 320 g/mol. The van der Waals surface area contributed by atoms with Gasteiger partial charge < -0.3 is 5.32 Å². The molecule has 5 heteroatoms. The quantitative estimate of drug-likeness (QED) is 0.865. The number of carbonyl (C=O) groups is 1. The van der Waals surface area contributed by atoms with Gasteiger partial charge in [-0.2, -0.15) is 0 Å². The molecule has 0 aromatic heterocycles. The maximum Gasteiger partial charge on any atom is 0.320 e. The summed E-state index contributed by atoms with van der Waals surface area (Å²) in [5.74, 6) is 0.388. The summed E-state index contributed by atoms with van der Waals surface area (Å²) in [5.41, 5.74) is 3.49. The highest BCUT2D eigenvalue weighted by atomic mass is 16.2. The molecular formula is C19H20N4O. The zero-order chi connectivity index (χ0) is 16.9. The minimum atomic E-state index is -0.260. The first-order valence-corrected chi connectivity index (χ1v) is 8.01. The Bertz CT molecular complexity index is 796. The van der Waals surface area contributed by atoms with Gasteiger partial charge in [-0.25, -0.2) is 9.79 Å². The Morgan fingerprint density at radius 1 is 1.00 bits per heavy atom. The minimum absolute atomic E-state index is 0.193. The summed E-state index contributed by atoms with van der Waals surface area (Å²) in [6.45, 7) is 4.40. The van der Waals surface area contributed by atoms with Gasteiger partial charge in [-0.3, -0.25) is 10.3 Å². The molecule has 0 saturated carbocycles. The van der Waals surface area contributed by atoms with Gasteiger partial charge in [0.1, 0.15) is 5.84 Å². The third kappa shape index (κ3) is 3.35. The van der Waals surface area contributed by atoms with Gasteiger partial charge in [0.05, 0.1) is 17.3 Å². The number of fused-ring (bicyclic) bond motifs is 1. The van der Waals surface area contributed by atoms with Crippen molar-refractivity contribution in [3.8, 4) is 0 Å². The molecule has 0 bridgehead atoms. The monoisotopic (exact) mass is 320 g/mol. The average Bonchev–Trinajstić information content (AvgIpc) is 2.71. The maximum absolute atomic E-state index is 12.1. The van der Waals surface area contributed by atoms with Crippen LogP contribution in [-0.4, -0.2) is 24.1 Å². The number of aliphatic imine (C=N–C) groups is 2. The molecule has 24 heavy (non-hydrogen) atoms. The molecule has 122 valence electrons. The molecule has 1 atom stereocenters. The van der Waals surface area contributed by atoms with Crippen molar-refractivity contribution in [2.45, 2.75) is 19.8 Å². The molecule has 2 aromatic carbocycles. The van der Waals surface area contributed by atoms with Crippen LogP contribution in [0.25, 0.3) is 0 Å². The van der Waals surface area contributed by atoms with Crippen molar-refractivity contribution < 1.29 is 4.79 Å². The standard InChI is InChI=1S/C19H20N4O/c1-3-20-19(24)23-18-17(14-9-5-4-6-10-14)13(2)21-15-11-7-8-12-16(15)22-18/h4-12,17H,3H2,1-2H3,(H2,20,22,23,24)/t17-/m1/s1. The summed E-state index contributed by atoms with van der Waals surface area (Å²) in [5, 5.41) is 5.65. The summed E-state index contributed by atoms with van der Waals surface area (Å²) in [6, 6.07) is 17.4. The lowest BCUT2D eigenvalue weighted by Crippen LogP contribution is -2.43. The van der Waals surface area contributed by atoms with Crippen molar-refractivity contribution in [2.24, 2.45) is 9.98 Å². The molecule has 1 aliphatic rings. The van der Waals surface area contributed by atoms with Crippen LogP contribution < -0.4 is 10.6 Å². The molecule has 3 rings (SSSR count). The second-order valence-corrected chi connectivity index (χ2v) is 5.57. The highest BCUT2D eigenvalue weighted by Crippen LogP contribution is 2.34. The van der Waals surface area contributed by atoms with Gasteiger partial charge in [0.15, 0.2) is 0 Å². The first kappa shape index (κ1) is 15.9. The largest absolute Gasteiger partial charge is 0.338 e. The summed E-state index contributed by atoms with van der Waals surface area (Å²) in [4.78, 5) is 21.5. The summed E-state index contributed by atoms with van der Waals surface area (Å²) in [6.07, 6.45) is 0. The Morgan fingerprint density at radius 2 is 1.62 bits per heavy atom. The lowest BCUT2D eigenvalue weighted by molar-refractivity contribution is 0.245. The first-order valence-electron chi connectivity index (χ1n) is 8.01. The van der Waals surface area contributed by atoms with Crippen LogP contribution in [0.5, 0.6) is 0 Å². The molecule has 0 spiro atoms. The third-order valence-corrected chi connectivity index (χ3v) is 3.82. The summed E-state index contributed by atoms with van der Waals surface area (Å²) >= 11 is 0. The zero-order valence-corrected chi connectivity index (χ0v) is 13.8. The van der Waals surface area contributed by atoms with Gasteiger partial charge >= 0.3 is 6.03 Å². The fraction of sp³-hybridized carbons (Fsp3) is 0.211. The van der Waals surface area contributed by atoms with Crippen molar-refractivity contribution in [1.82, 2.24) is 10.6 Å². The number of amidine groups is 1. The molecule has 0 unspecified atom stereocenters. The lowest BCUT2D eigenvalue weighted by Gasteiger charge is -2.19. The van der Waals surface area contributed by atoms with E-state index in [1.54, 1.807) is 0 Å². The molecule has 1 aliphatic heterocycles. The summed E-state index contributed by atoms with van der Waals surface area (Å²) in [7, 11) is 0. The second-order valence-electron chi connectivity index (χ2n) is 5.57.